The van der Waals surface area contributed by atoms with Gasteiger partial charge < -0.3 is 20.3 Å². The monoisotopic (exact) mass is 521 g/mol. The number of nitrogens with two attached hydrogens (primary N) is 1. The van der Waals surface area contributed by atoms with Gasteiger partial charge in [0.05, 0.1) is 31.0 Å². The minimum atomic E-state index is -0.762. The third-order valence-electron chi connectivity index (χ3n) is 5.25. The van der Waals surface area contributed by atoms with Gasteiger partial charge in [0.25, 0.3) is 0 Å². The molecule has 0 spiro atoms. The Labute approximate surface area is 196 Å². The summed E-state index contributed by atoms with van der Waals surface area (Å²) in [6.07, 6.45) is 1.68. The Bertz CT molecular complexity index is 1100. The van der Waals surface area contributed by atoms with E-state index in [2.05, 4.69) is 20.9 Å². The van der Waals surface area contributed by atoms with Crippen LogP contribution in [0.4, 0.5) is 4.39 Å². The predicted molar refractivity (Wildman–Crippen MR) is 121 cm³/mol. The maximum Gasteiger partial charge on any atom is 0.338 e. The summed E-state index contributed by atoms with van der Waals surface area (Å²) in [5, 5.41) is 2.53. The van der Waals surface area contributed by atoms with Crippen molar-refractivity contribution in [1.82, 2.24) is 14.8 Å². The first-order valence-electron chi connectivity index (χ1n) is 10.0. The third kappa shape index (κ3) is 4.19. The van der Waals surface area contributed by atoms with Gasteiger partial charge in [-0.3, -0.25) is 9.79 Å². The number of nitrogens with zero attached hydrogens (tertiary/aromatic N) is 4. The zero-order chi connectivity index (χ0) is 22.8. The molecule has 1 saturated heterocycles. The van der Waals surface area contributed by atoms with Crippen molar-refractivity contribution in [3.05, 3.63) is 61.9 Å². The zero-order valence-corrected chi connectivity index (χ0v) is 19.7. The summed E-state index contributed by atoms with van der Waals surface area (Å²) in [4.78, 5) is 38.3. The molecule has 1 atom stereocenters. The van der Waals surface area contributed by atoms with E-state index in [1.165, 1.54) is 23.5 Å². The average Bonchev–Trinajstić information content (AvgIpc) is 3.32. The Kier molecular flexibility index (Phi) is 6.68. The van der Waals surface area contributed by atoms with Gasteiger partial charge in [-0.2, -0.15) is 0 Å². The van der Waals surface area contributed by atoms with Gasteiger partial charge in [0.2, 0.25) is 5.91 Å². The maximum atomic E-state index is 13.8. The van der Waals surface area contributed by atoms with Gasteiger partial charge in [-0.25, -0.2) is 14.2 Å². The average molecular weight is 522 g/mol. The summed E-state index contributed by atoms with van der Waals surface area (Å²) in [6, 6.07) is 3.48. The van der Waals surface area contributed by atoms with E-state index in [0.717, 1.165) is 0 Å². The van der Waals surface area contributed by atoms with Crippen molar-refractivity contribution in [2.45, 2.75) is 13.0 Å². The molecule has 1 aromatic carbocycles. The topological polar surface area (TPSA) is 101 Å². The van der Waals surface area contributed by atoms with Crippen LogP contribution in [0.3, 0.4) is 0 Å². The summed E-state index contributed by atoms with van der Waals surface area (Å²) in [7, 11) is 0. The molecule has 0 unspecified atom stereocenters. The number of thiazole rings is 1. The van der Waals surface area contributed by atoms with E-state index in [1.807, 2.05) is 10.3 Å². The van der Waals surface area contributed by atoms with Crippen LogP contribution in [0, 0.1) is 5.82 Å². The molecule has 0 saturated carbocycles. The van der Waals surface area contributed by atoms with Crippen molar-refractivity contribution in [2.75, 3.05) is 32.8 Å². The molecule has 2 N–H and O–H groups in total. The number of rotatable bonds is 5. The van der Waals surface area contributed by atoms with E-state index in [0.29, 0.717) is 45.2 Å². The van der Waals surface area contributed by atoms with Crippen LogP contribution in [0.15, 0.2) is 50.5 Å². The summed E-state index contributed by atoms with van der Waals surface area (Å²) in [5.74, 6) is -0.551. The highest BCUT2D eigenvalue weighted by Gasteiger charge is 2.40. The van der Waals surface area contributed by atoms with Crippen LogP contribution in [0.5, 0.6) is 0 Å². The fourth-order valence-corrected chi connectivity index (χ4v) is 5.02. The number of carbonyl (C=O) groups excluding carboxylic acids is 2. The van der Waals surface area contributed by atoms with Crippen LogP contribution >= 0.6 is 27.3 Å². The standard InChI is InChI=1S/C21H21BrFN5O3S/c1-2-31-21(30)17-15-11-27(16(29)10-24)6-7-28(15)19(20-25-5-8-32-20)26-18(17)13-4-3-12(23)9-14(13)22/h3-5,8-9,18H,2,6-7,10-11,24H2,1H3/t18-/m0/s1. The normalized spacial score (nSPS) is 18.4. The number of piperazine rings is 1. The molecule has 11 heteroatoms. The van der Waals surface area contributed by atoms with Gasteiger partial charge in [0.15, 0.2) is 10.8 Å². The van der Waals surface area contributed by atoms with Gasteiger partial charge in [-0.1, -0.05) is 22.0 Å². The van der Waals surface area contributed by atoms with E-state index >= 15 is 0 Å². The lowest BCUT2D eigenvalue weighted by Gasteiger charge is -2.42. The fraction of sp³-hybridized carbons (Fsp3) is 0.333. The van der Waals surface area contributed by atoms with Crippen molar-refractivity contribution < 1.29 is 18.7 Å². The Hall–Kier alpha value is -2.63. The number of hydrogen-bond acceptors (Lipinski definition) is 8. The number of halogens is 2. The smallest absolute Gasteiger partial charge is 0.338 e. The van der Waals surface area contributed by atoms with Gasteiger partial charge in [-0.15, -0.1) is 11.3 Å². The molecule has 168 valence electrons. The van der Waals surface area contributed by atoms with Crippen molar-refractivity contribution in [3.63, 3.8) is 0 Å². The fourth-order valence-electron chi connectivity index (χ4n) is 3.81. The van der Waals surface area contributed by atoms with Gasteiger partial charge >= 0.3 is 5.97 Å². The second kappa shape index (κ2) is 9.47. The summed E-state index contributed by atoms with van der Waals surface area (Å²) >= 11 is 4.84. The van der Waals surface area contributed by atoms with E-state index in [9.17, 15) is 14.0 Å². The summed E-state index contributed by atoms with van der Waals surface area (Å²) in [6.45, 7) is 2.83. The molecule has 1 fully saturated rings. The van der Waals surface area contributed by atoms with E-state index in [1.54, 1.807) is 24.1 Å². The number of amides is 1. The number of carbonyl (C=O) groups is 2. The van der Waals surface area contributed by atoms with Crippen molar-refractivity contribution in [2.24, 2.45) is 10.7 Å². The van der Waals surface area contributed by atoms with Crippen LogP contribution in [-0.2, 0) is 14.3 Å². The number of amidine groups is 1. The molecule has 3 heterocycles. The molecule has 2 aliphatic rings. The Balaban J connectivity index is 1.91. The lowest BCUT2D eigenvalue weighted by Crippen LogP contribution is -2.53. The van der Waals surface area contributed by atoms with Gasteiger partial charge in [-0.05, 0) is 24.6 Å². The molecule has 2 aromatic rings. The second-order valence-electron chi connectivity index (χ2n) is 7.11. The van der Waals surface area contributed by atoms with Crippen molar-refractivity contribution in [3.8, 4) is 0 Å². The van der Waals surface area contributed by atoms with E-state index in [4.69, 9.17) is 15.5 Å². The van der Waals surface area contributed by atoms with Crippen LogP contribution in [0.2, 0.25) is 0 Å². The Morgan fingerprint density at radius 2 is 2.19 bits per heavy atom. The minimum Gasteiger partial charge on any atom is -0.463 e. The minimum absolute atomic E-state index is 0.123. The van der Waals surface area contributed by atoms with Crippen molar-refractivity contribution in [1.29, 1.82) is 0 Å². The molecule has 0 aliphatic carbocycles. The predicted octanol–water partition coefficient (Wildman–Crippen LogP) is 2.47. The molecule has 1 amide bonds. The molecule has 2 aliphatic heterocycles. The number of fused-ring (bicyclic) bond motifs is 1. The number of aromatic nitrogens is 1. The van der Waals surface area contributed by atoms with Crippen LogP contribution < -0.4 is 5.73 Å². The first-order chi connectivity index (χ1) is 15.4. The Morgan fingerprint density at radius 1 is 1.38 bits per heavy atom. The molecule has 4 rings (SSSR count). The van der Waals surface area contributed by atoms with Crippen molar-refractivity contribution >= 4 is 45.0 Å². The highest BCUT2D eigenvalue weighted by atomic mass is 79.9. The van der Waals surface area contributed by atoms with Gasteiger partial charge in [0.1, 0.15) is 11.9 Å². The summed E-state index contributed by atoms with van der Waals surface area (Å²) < 4.78 is 19.6. The molecular formula is C21H21BrFN5O3S. The number of aliphatic imine (C=N–C) groups is 1. The van der Waals surface area contributed by atoms with E-state index < -0.39 is 17.8 Å². The third-order valence-corrected chi connectivity index (χ3v) is 6.71. The molecule has 0 radical (unpaired) electrons. The first kappa shape index (κ1) is 22.6. The van der Waals surface area contributed by atoms with Crippen LogP contribution in [0.1, 0.15) is 23.5 Å². The molecule has 8 nitrogen and oxygen atoms in total. The molecule has 32 heavy (non-hydrogen) atoms. The Morgan fingerprint density at radius 3 is 2.84 bits per heavy atom. The molecule has 1 aromatic heterocycles. The summed E-state index contributed by atoms with van der Waals surface area (Å²) in [5.41, 5.74) is 7.12. The number of hydrogen-bond donors (Lipinski definition) is 1. The lowest BCUT2D eigenvalue weighted by atomic mass is 9.93. The SMILES string of the molecule is CCOC(=O)C1=C2CN(C(=O)CN)CCN2C(c2nccs2)=N[C@H]1c1ccc(F)cc1Br. The lowest BCUT2D eigenvalue weighted by molar-refractivity contribution is -0.139. The van der Waals surface area contributed by atoms with Crippen LogP contribution in [-0.4, -0.2) is 65.3 Å². The highest BCUT2D eigenvalue weighted by molar-refractivity contribution is 9.10. The molecule has 0 bridgehead atoms. The number of esters is 1. The van der Waals surface area contributed by atoms with E-state index in [-0.39, 0.29) is 25.6 Å². The van der Waals surface area contributed by atoms with Crippen LogP contribution in [0.25, 0.3) is 0 Å². The quantitative estimate of drug-likeness (QED) is 0.606. The van der Waals surface area contributed by atoms with Gasteiger partial charge in [0, 0.05) is 29.1 Å². The maximum absolute atomic E-state index is 13.8. The first-order valence-corrected chi connectivity index (χ1v) is 11.7. The highest BCUT2D eigenvalue weighted by Crippen LogP contribution is 2.40. The zero-order valence-electron chi connectivity index (χ0n) is 17.3. The second-order valence-corrected chi connectivity index (χ2v) is 8.86. The number of ether oxygens (including phenoxy) is 1. The number of benzene rings is 1. The molecular weight excluding hydrogens is 501 g/mol. The largest absolute Gasteiger partial charge is 0.463 e.